The van der Waals surface area contributed by atoms with Crippen molar-refractivity contribution >= 4 is 23.7 Å². The fourth-order valence-electron chi connectivity index (χ4n) is 10.6. The van der Waals surface area contributed by atoms with Crippen LogP contribution in [0.25, 0.3) is 0 Å². The van der Waals surface area contributed by atoms with Gasteiger partial charge in [0, 0.05) is 17.9 Å². The Morgan fingerprint density at radius 3 is 1.91 bits per heavy atom. The number of allylic oxidation sites excluding steroid dienone is 2. The van der Waals surface area contributed by atoms with E-state index in [1.807, 2.05) is 13.0 Å². The minimum absolute atomic E-state index is 0. The molecule has 0 aromatic rings. The first-order chi connectivity index (χ1) is 19.2. The van der Waals surface area contributed by atoms with Crippen LogP contribution in [0.2, 0.25) is 0 Å². The van der Waals surface area contributed by atoms with Crippen molar-refractivity contribution in [2.45, 2.75) is 125 Å². The quantitative estimate of drug-likeness (QED) is 0.328. The molecule has 44 heavy (non-hydrogen) atoms. The molecule has 0 amide bonds. The number of carbonyl (C=O) groups is 4. The summed E-state index contributed by atoms with van der Waals surface area (Å²) in [4.78, 5) is 45.4. The summed E-state index contributed by atoms with van der Waals surface area (Å²) in [5.41, 5.74) is 0.142. The molecule has 0 aromatic heterocycles. The summed E-state index contributed by atoms with van der Waals surface area (Å²) in [7, 11) is 0. The van der Waals surface area contributed by atoms with Crippen LogP contribution in [0.4, 0.5) is 0 Å². The van der Waals surface area contributed by atoms with E-state index >= 15 is 0 Å². The molecule has 4 saturated carbocycles. The number of aliphatic carboxylic acids is 3. The van der Waals surface area contributed by atoms with Gasteiger partial charge in [-0.15, -0.1) is 0 Å². The number of carboxylic acids is 3. The molecule has 0 spiro atoms. The second kappa shape index (κ2) is 13.4. The molecule has 5 aliphatic carbocycles. The number of hydrogen-bond donors (Lipinski definition) is 2. The van der Waals surface area contributed by atoms with Crippen molar-refractivity contribution in [3.05, 3.63) is 11.6 Å². The van der Waals surface area contributed by atoms with Crippen molar-refractivity contribution in [3.8, 4) is 0 Å². The summed E-state index contributed by atoms with van der Waals surface area (Å²) in [5, 5.41) is 39.9. The molecule has 236 valence electrons. The van der Waals surface area contributed by atoms with E-state index in [0.29, 0.717) is 12.3 Å². The Balaban J connectivity index is 0.000000599. The van der Waals surface area contributed by atoms with Crippen LogP contribution < -0.4 is 69.3 Å². The maximum atomic E-state index is 14.2. The van der Waals surface area contributed by atoms with Crippen LogP contribution in [0.5, 0.6) is 0 Å². The summed E-state index contributed by atoms with van der Waals surface area (Å²) in [6.07, 6.45) is 9.01. The van der Waals surface area contributed by atoms with Gasteiger partial charge in [-0.2, -0.15) is 0 Å². The van der Waals surface area contributed by atoms with Crippen LogP contribution in [0.15, 0.2) is 11.6 Å². The van der Waals surface area contributed by atoms with Crippen molar-refractivity contribution in [3.63, 3.8) is 0 Å². The number of aliphatic hydroxyl groups excluding tert-OH is 1. The van der Waals surface area contributed by atoms with Crippen molar-refractivity contribution in [1.82, 2.24) is 0 Å². The van der Waals surface area contributed by atoms with Gasteiger partial charge in [0.25, 0.3) is 0 Å². The minimum Gasteiger partial charge on any atom is -0.550 e. The van der Waals surface area contributed by atoms with E-state index in [1.54, 1.807) is 0 Å². The number of rotatable bonds is 4. The van der Waals surface area contributed by atoms with E-state index in [4.69, 9.17) is 0 Å². The summed E-state index contributed by atoms with van der Waals surface area (Å²) >= 11 is 0. The van der Waals surface area contributed by atoms with Crippen LogP contribution in [0.1, 0.15) is 119 Å². The fourth-order valence-corrected chi connectivity index (χ4v) is 10.6. The van der Waals surface area contributed by atoms with Gasteiger partial charge in [-0.1, -0.05) is 47.1 Å². The molecule has 0 bridgehead atoms. The van der Waals surface area contributed by atoms with Gasteiger partial charge in [0.1, 0.15) is 0 Å². The van der Waals surface area contributed by atoms with E-state index in [2.05, 4.69) is 41.5 Å². The van der Waals surface area contributed by atoms with E-state index in [1.165, 1.54) is 5.57 Å². The summed E-state index contributed by atoms with van der Waals surface area (Å²) in [6, 6.07) is 0. The molecule has 5 rings (SSSR count). The first-order valence-electron chi connectivity index (χ1n) is 15.8. The molecule has 0 heterocycles. The molecule has 9 atom stereocenters. The van der Waals surface area contributed by atoms with Gasteiger partial charge >= 0.3 is 65.1 Å². The zero-order valence-corrected chi connectivity index (χ0v) is 32.5. The van der Waals surface area contributed by atoms with Gasteiger partial charge in [-0.25, -0.2) is 0 Å². The van der Waals surface area contributed by atoms with E-state index < -0.39 is 36.2 Å². The van der Waals surface area contributed by atoms with E-state index in [0.717, 1.165) is 51.4 Å². The Hall–Kier alpha value is -0.220. The second-order valence-electron chi connectivity index (χ2n) is 16.2. The third-order valence-electron chi connectivity index (χ3n) is 13.6. The largest absolute Gasteiger partial charge is 1.00 e. The Morgan fingerprint density at radius 1 is 0.841 bits per heavy atom. The Bertz CT molecular complexity index is 1190. The summed E-state index contributed by atoms with van der Waals surface area (Å²) < 4.78 is 0. The predicted molar refractivity (Wildman–Crippen MR) is 152 cm³/mol. The Kier molecular flexibility index (Phi) is 12.1. The fraction of sp³-hybridized carbons (Fsp3) is 0.824. The minimum atomic E-state index is -1.37. The number of carboxylic acid groups (broad SMARTS) is 3. The number of carbonyl (C=O) groups excluding carboxylic acids is 3. The zero-order valence-electron chi connectivity index (χ0n) is 28.5. The molecule has 4 fully saturated rings. The van der Waals surface area contributed by atoms with Crippen molar-refractivity contribution in [2.75, 3.05) is 0 Å². The molecule has 0 aliphatic heterocycles. The van der Waals surface area contributed by atoms with Gasteiger partial charge in [-0.05, 0) is 123 Å². The summed E-state index contributed by atoms with van der Waals surface area (Å²) in [6.45, 7) is 15.8. The molecule has 2 N–H and O–H groups in total. The SMILES string of the molecule is CC1(C)C2CC[C@]3(C)[C@H](C(=O)C=C4[C@H]5C[C@@](C)(C(=O)O)CC[C@]5(C)CC[C@]43C)[C@@]2(C)CC[C@@H]1O.O=C([O-])CCC(=O)[O-].[Na+].[Na+]. The molecule has 10 heteroatoms. The maximum absolute atomic E-state index is 14.2. The molecule has 5 aliphatic rings. The molecular formula is C34H50Na2O8. The third kappa shape index (κ3) is 6.33. The van der Waals surface area contributed by atoms with Crippen molar-refractivity contribution in [1.29, 1.82) is 0 Å². The number of aliphatic hydroxyl groups is 1. The third-order valence-corrected chi connectivity index (χ3v) is 13.6. The normalized spacial score (nSPS) is 43.4. The predicted octanol–water partition coefficient (Wildman–Crippen LogP) is -2.31. The average molecular weight is 633 g/mol. The van der Waals surface area contributed by atoms with Crippen LogP contribution in [0.3, 0.4) is 0 Å². The van der Waals surface area contributed by atoms with Crippen LogP contribution in [0, 0.1) is 50.2 Å². The summed E-state index contributed by atoms with van der Waals surface area (Å²) in [5.74, 6) is -2.67. The molecular weight excluding hydrogens is 582 g/mol. The van der Waals surface area contributed by atoms with Gasteiger partial charge in [0.15, 0.2) is 5.78 Å². The van der Waals surface area contributed by atoms with Crippen LogP contribution >= 0.6 is 0 Å². The first kappa shape index (κ1) is 40.0. The molecule has 0 saturated heterocycles. The topological polar surface area (TPSA) is 155 Å². The number of ketones is 1. The number of hydrogen-bond acceptors (Lipinski definition) is 7. The standard InChI is InChI=1S/C30H46O4.C4H6O4.2Na/c1-25(2)21-8-11-30(7)23(28(21,5)10-9-22(25)32)20(31)16-18-19-17-27(4,24(33)34)13-12-26(19,3)14-15-29(18,30)6;5-3(6)1-2-4(7)8;;/h16,19,21-23,32H,8-15,17H2,1-7H3,(H,33,34);1-2H2,(H,5,6)(H,7,8);;/q;;2*+1/p-2/t19-,21?,22+,23-,26-,27+,28+,29-,30-;;;/m1.../s1. The van der Waals surface area contributed by atoms with E-state index in [9.17, 15) is 39.6 Å². The van der Waals surface area contributed by atoms with Crippen molar-refractivity contribution < 1.29 is 98.7 Å². The molecule has 1 unspecified atom stereocenters. The number of fused-ring (bicyclic) bond motifs is 7. The average Bonchev–Trinajstić information content (AvgIpc) is 2.88. The van der Waals surface area contributed by atoms with E-state index in [-0.39, 0.29) is 110 Å². The molecule has 0 aromatic carbocycles. The Morgan fingerprint density at radius 2 is 1.39 bits per heavy atom. The molecule has 0 radical (unpaired) electrons. The Labute approximate surface area is 307 Å². The zero-order chi connectivity index (χ0) is 31.7. The monoisotopic (exact) mass is 632 g/mol. The van der Waals surface area contributed by atoms with Gasteiger partial charge < -0.3 is 30.0 Å². The van der Waals surface area contributed by atoms with Gasteiger partial charge in [0.05, 0.1) is 11.5 Å². The molecule has 8 nitrogen and oxygen atoms in total. The van der Waals surface area contributed by atoms with Gasteiger partial charge in [-0.3, -0.25) is 9.59 Å². The smallest absolute Gasteiger partial charge is 0.550 e. The van der Waals surface area contributed by atoms with Gasteiger partial charge in [0.2, 0.25) is 0 Å². The maximum Gasteiger partial charge on any atom is 1.00 e. The first-order valence-corrected chi connectivity index (χ1v) is 15.8. The van der Waals surface area contributed by atoms with Crippen LogP contribution in [-0.4, -0.2) is 40.0 Å². The van der Waals surface area contributed by atoms with Crippen LogP contribution in [-0.2, 0) is 19.2 Å². The second-order valence-corrected chi connectivity index (χ2v) is 16.2. The van der Waals surface area contributed by atoms with Crippen molar-refractivity contribution in [2.24, 2.45) is 50.2 Å².